The molecule has 0 aliphatic heterocycles. The van der Waals surface area contributed by atoms with E-state index in [9.17, 15) is 19.2 Å². The summed E-state index contributed by atoms with van der Waals surface area (Å²) in [6, 6.07) is 9.12. The van der Waals surface area contributed by atoms with Crippen LogP contribution in [0.15, 0.2) is 35.7 Å². The van der Waals surface area contributed by atoms with Gasteiger partial charge in [0.25, 0.3) is 11.8 Å². The van der Waals surface area contributed by atoms with E-state index in [0.717, 1.165) is 33.9 Å². The number of rotatable bonds is 14. The average Bonchev–Trinajstić information content (AvgIpc) is 3.37. The summed E-state index contributed by atoms with van der Waals surface area (Å²) in [5, 5.41) is 15.8. The normalized spacial score (nSPS) is 11.2. The summed E-state index contributed by atoms with van der Waals surface area (Å²) < 4.78 is 0.822. The third-order valence-corrected chi connectivity index (χ3v) is 7.05. The molecule has 0 fully saturated rings. The Morgan fingerprint density at radius 3 is 1.87 bits per heavy atom. The van der Waals surface area contributed by atoms with E-state index in [1.54, 1.807) is 6.07 Å². The van der Waals surface area contributed by atoms with Crippen LogP contribution in [-0.2, 0) is 9.59 Å². The molecule has 3 rings (SSSR count). The highest BCUT2D eigenvalue weighted by Crippen LogP contribution is 2.33. The molecule has 4 N–H and O–H groups in total. The quantitative estimate of drug-likeness (QED) is 0.240. The summed E-state index contributed by atoms with van der Waals surface area (Å²) in [4.78, 5) is 53.7. The van der Waals surface area contributed by atoms with Crippen molar-refractivity contribution < 1.29 is 19.2 Å². The Balaban J connectivity index is 1.61. The molecule has 0 radical (unpaired) electrons. The minimum absolute atomic E-state index is 0.104. The van der Waals surface area contributed by atoms with Gasteiger partial charge in [0.05, 0.1) is 5.56 Å². The van der Waals surface area contributed by atoms with E-state index in [1.807, 2.05) is 67.6 Å². The topological polar surface area (TPSA) is 123 Å². The van der Waals surface area contributed by atoms with E-state index >= 15 is 0 Å². The van der Waals surface area contributed by atoms with Gasteiger partial charge in [0.1, 0.15) is 0 Å². The van der Waals surface area contributed by atoms with Crippen LogP contribution in [0.5, 0.6) is 0 Å². The van der Waals surface area contributed by atoms with Crippen LogP contribution >= 0.6 is 11.3 Å². The summed E-state index contributed by atoms with van der Waals surface area (Å²) in [5.74, 6) is -0.706. The molecule has 210 valence electrons. The van der Waals surface area contributed by atoms with E-state index in [4.69, 9.17) is 0 Å². The summed E-state index contributed by atoms with van der Waals surface area (Å²) in [5.41, 5.74) is 1.03. The van der Waals surface area contributed by atoms with E-state index in [2.05, 4.69) is 21.3 Å². The lowest BCUT2D eigenvalue weighted by Gasteiger charge is -2.12. The van der Waals surface area contributed by atoms with Crippen LogP contribution in [0.4, 0.5) is 0 Å². The van der Waals surface area contributed by atoms with Crippen LogP contribution in [0, 0.1) is 0 Å². The number of nitrogens with zero attached hydrogens (tertiary/aromatic N) is 2. The number of likely N-dealkylation sites (N-methyl/N-ethyl adjacent to an activating group) is 2. The second-order valence-corrected chi connectivity index (χ2v) is 10.8. The van der Waals surface area contributed by atoms with Gasteiger partial charge in [-0.3, -0.25) is 19.2 Å². The van der Waals surface area contributed by atoms with Crippen LogP contribution in [0.2, 0.25) is 0 Å². The summed E-state index contributed by atoms with van der Waals surface area (Å²) in [7, 11) is 7.75. The Hall–Kier alpha value is -3.54. The number of hydrogen-bond donors (Lipinski definition) is 4. The highest BCUT2D eigenvalue weighted by atomic mass is 32.1. The maximum absolute atomic E-state index is 13.0. The Kier molecular flexibility index (Phi) is 11.2. The number of thiophene rings is 1. The molecule has 4 amide bonds. The van der Waals surface area contributed by atoms with Crippen LogP contribution in [0.1, 0.15) is 33.6 Å². The molecule has 0 aliphatic carbocycles. The second-order valence-electron chi connectivity index (χ2n) is 9.84. The molecule has 1 aromatic heterocycles. The van der Waals surface area contributed by atoms with Gasteiger partial charge in [0.2, 0.25) is 11.8 Å². The van der Waals surface area contributed by atoms with Crippen LogP contribution < -0.4 is 21.3 Å². The number of hydrogen-bond acceptors (Lipinski definition) is 7. The zero-order valence-corrected chi connectivity index (χ0v) is 23.9. The number of nitrogens with one attached hydrogen (secondary N) is 4. The van der Waals surface area contributed by atoms with Gasteiger partial charge in [-0.25, -0.2) is 0 Å². The second kappa shape index (κ2) is 14.6. The predicted octanol–water partition coefficient (Wildman–Crippen LogP) is 1.65. The molecule has 0 atom stereocenters. The van der Waals surface area contributed by atoms with Gasteiger partial charge in [0.15, 0.2) is 0 Å². The van der Waals surface area contributed by atoms with Gasteiger partial charge < -0.3 is 31.1 Å². The maximum Gasteiger partial charge on any atom is 0.252 e. The number of carbonyl (C=O) groups excluding carboxylic acids is 4. The molecule has 10 nitrogen and oxygen atoms in total. The first kappa shape index (κ1) is 30.0. The first-order valence-electron chi connectivity index (χ1n) is 13.0. The van der Waals surface area contributed by atoms with Crippen molar-refractivity contribution in [2.45, 2.75) is 12.8 Å². The van der Waals surface area contributed by atoms with Gasteiger partial charge >= 0.3 is 0 Å². The molecule has 0 saturated heterocycles. The average molecular weight is 555 g/mol. The zero-order valence-electron chi connectivity index (χ0n) is 23.1. The highest BCUT2D eigenvalue weighted by molar-refractivity contribution is 7.17. The Morgan fingerprint density at radius 1 is 0.692 bits per heavy atom. The smallest absolute Gasteiger partial charge is 0.252 e. The SMILES string of the molecule is CN(C)CCNC(=O)CCNC(=O)c1ccc2cc(C(=O)NCCC(=O)NCCN(C)C)c3sccc3c2c1. The summed E-state index contributed by atoms with van der Waals surface area (Å²) in [6.45, 7) is 3.11. The van der Waals surface area contributed by atoms with Gasteiger partial charge in [-0.2, -0.15) is 0 Å². The van der Waals surface area contributed by atoms with Crippen molar-refractivity contribution in [2.24, 2.45) is 0 Å². The molecular formula is C28H38N6O4S. The molecule has 0 aliphatic rings. The Bertz CT molecular complexity index is 1320. The Morgan fingerprint density at radius 2 is 1.28 bits per heavy atom. The lowest BCUT2D eigenvalue weighted by molar-refractivity contribution is -0.121. The lowest BCUT2D eigenvalue weighted by Crippen LogP contribution is -2.34. The fourth-order valence-corrected chi connectivity index (χ4v) is 4.89. The molecule has 39 heavy (non-hydrogen) atoms. The predicted molar refractivity (Wildman–Crippen MR) is 156 cm³/mol. The molecule has 0 unspecified atom stereocenters. The number of fused-ring (bicyclic) bond motifs is 3. The van der Waals surface area contributed by atoms with Gasteiger partial charge in [0, 0.05) is 67.8 Å². The molecule has 0 spiro atoms. The van der Waals surface area contributed by atoms with Crippen molar-refractivity contribution in [3.8, 4) is 0 Å². The third-order valence-electron chi connectivity index (χ3n) is 6.10. The molecule has 0 saturated carbocycles. The van der Waals surface area contributed by atoms with Crippen molar-refractivity contribution in [1.29, 1.82) is 0 Å². The molecule has 1 heterocycles. The molecule has 11 heteroatoms. The minimum atomic E-state index is -0.257. The van der Waals surface area contributed by atoms with Crippen molar-refractivity contribution in [1.82, 2.24) is 31.1 Å². The van der Waals surface area contributed by atoms with Crippen LogP contribution in [0.25, 0.3) is 20.9 Å². The number of amides is 4. The van der Waals surface area contributed by atoms with Crippen molar-refractivity contribution in [2.75, 3.05) is 67.5 Å². The fraction of sp³-hybridized carbons (Fsp3) is 0.429. The lowest BCUT2D eigenvalue weighted by atomic mass is 10.00. The zero-order chi connectivity index (χ0) is 28.4. The third kappa shape index (κ3) is 9.02. The van der Waals surface area contributed by atoms with Crippen molar-refractivity contribution in [3.05, 3.63) is 46.8 Å². The first-order chi connectivity index (χ1) is 18.7. The molecule has 3 aromatic rings. The molecule has 2 aromatic carbocycles. The van der Waals surface area contributed by atoms with Gasteiger partial charge in [-0.15, -0.1) is 11.3 Å². The highest BCUT2D eigenvalue weighted by Gasteiger charge is 2.16. The number of carbonyl (C=O) groups is 4. The summed E-state index contributed by atoms with van der Waals surface area (Å²) in [6.07, 6.45) is 0.411. The van der Waals surface area contributed by atoms with Crippen molar-refractivity contribution >= 4 is 55.8 Å². The Labute approximate surface area is 233 Å². The summed E-state index contributed by atoms with van der Waals surface area (Å²) >= 11 is 1.46. The monoisotopic (exact) mass is 554 g/mol. The fourth-order valence-electron chi connectivity index (χ4n) is 3.97. The van der Waals surface area contributed by atoms with Gasteiger partial charge in [-0.05, 0) is 68.6 Å². The standard InChI is InChI=1S/C28H38N6O4S/c1-33(2)14-12-29-24(35)7-10-31-27(37)20-6-5-19-17-23(26-21(9-16-39-26)22(19)18-20)28(38)32-11-8-25(36)30-13-15-34(3)4/h5-6,9,16-18H,7-8,10-15H2,1-4H3,(H,29,35)(H,30,36)(H,31,37)(H,32,38). The number of benzene rings is 2. The van der Waals surface area contributed by atoms with E-state index in [0.29, 0.717) is 24.2 Å². The maximum atomic E-state index is 13.0. The first-order valence-corrected chi connectivity index (χ1v) is 13.9. The van der Waals surface area contributed by atoms with Crippen molar-refractivity contribution in [3.63, 3.8) is 0 Å². The van der Waals surface area contributed by atoms with E-state index < -0.39 is 0 Å². The van der Waals surface area contributed by atoms with Crippen LogP contribution in [-0.4, -0.2) is 101 Å². The molecule has 0 bridgehead atoms. The van der Waals surface area contributed by atoms with Gasteiger partial charge in [-0.1, -0.05) is 6.07 Å². The minimum Gasteiger partial charge on any atom is -0.355 e. The van der Waals surface area contributed by atoms with E-state index in [-0.39, 0.29) is 49.6 Å². The van der Waals surface area contributed by atoms with Crippen LogP contribution in [0.3, 0.4) is 0 Å². The largest absolute Gasteiger partial charge is 0.355 e. The molecular weight excluding hydrogens is 516 g/mol. The van der Waals surface area contributed by atoms with E-state index in [1.165, 1.54) is 11.3 Å².